The van der Waals surface area contributed by atoms with Crippen molar-refractivity contribution >= 4 is 29.9 Å². The van der Waals surface area contributed by atoms with Crippen molar-refractivity contribution in [3.63, 3.8) is 0 Å². The van der Waals surface area contributed by atoms with Gasteiger partial charge in [-0.3, -0.25) is 4.99 Å². The van der Waals surface area contributed by atoms with E-state index >= 15 is 0 Å². The number of hydrogen-bond donors (Lipinski definition) is 2. The van der Waals surface area contributed by atoms with E-state index in [4.69, 9.17) is 0 Å². The smallest absolute Gasteiger partial charge is 0.356 e. The number of alkyl halides is 3. The quantitative estimate of drug-likeness (QED) is 0.231. The molecule has 1 unspecified atom stereocenters. The molecule has 2 N–H and O–H groups in total. The highest BCUT2D eigenvalue weighted by Gasteiger charge is 2.30. The second kappa shape index (κ2) is 12.6. The Morgan fingerprint density at radius 1 is 1.09 bits per heavy atom. The molecule has 2 aromatic carbocycles. The molecular weight excluding hydrogens is 544 g/mol. The van der Waals surface area contributed by atoms with E-state index in [1.165, 1.54) is 18.5 Å². The monoisotopic (exact) mass is 572 g/mol. The van der Waals surface area contributed by atoms with Gasteiger partial charge in [-0.15, -0.1) is 24.0 Å². The molecular formula is C23H28F3IN6. The van der Waals surface area contributed by atoms with Crippen LogP contribution in [0.25, 0.3) is 0 Å². The zero-order valence-corrected chi connectivity index (χ0v) is 20.8. The van der Waals surface area contributed by atoms with Gasteiger partial charge < -0.3 is 10.6 Å². The van der Waals surface area contributed by atoms with Gasteiger partial charge in [0.05, 0.1) is 12.1 Å². The van der Waals surface area contributed by atoms with Gasteiger partial charge >= 0.3 is 6.18 Å². The maximum atomic E-state index is 12.9. The molecule has 0 aliphatic heterocycles. The molecule has 0 saturated carbocycles. The van der Waals surface area contributed by atoms with Crippen LogP contribution in [-0.2, 0) is 19.3 Å². The first-order valence-corrected chi connectivity index (χ1v) is 10.4. The molecule has 0 fully saturated rings. The van der Waals surface area contributed by atoms with E-state index in [0.29, 0.717) is 37.6 Å². The Morgan fingerprint density at radius 3 is 2.55 bits per heavy atom. The standard InChI is InChI=1S/C23H27F3N6.HI/c1-17(20-7-4-8-21(12-20)23(24,25)26)9-10-29-22(27-2)30-13-18-5-3-6-19(11-18)14-32-16-28-15-31-32;/h3-8,11-12,15-17H,9-10,13-14H2,1-2H3,(H2,27,29,30);1H. The van der Waals surface area contributed by atoms with E-state index in [2.05, 4.69) is 31.8 Å². The second-order valence-corrected chi connectivity index (χ2v) is 7.58. The highest BCUT2D eigenvalue weighted by Crippen LogP contribution is 2.31. The van der Waals surface area contributed by atoms with Crippen LogP contribution in [0.3, 0.4) is 0 Å². The number of nitrogens with zero attached hydrogens (tertiary/aromatic N) is 4. The Hall–Kier alpha value is -2.63. The van der Waals surface area contributed by atoms with Crippen molar-refractivity contribution in [2.24, 2.45) is 4.99 Å². The van der Waals surface area contributed by atoms with Crippen LogP contribution in [0, 0.1) is 0 Å². The maximum absolute atomic E-state index is 12.9. The first-order chi connectivity index (χ1) is 15.3. The van der Waals surface area contributed by atoms with Crippen LogP contribution in [0.2, 0.25) is 0 Å². The van der Waals surface area contributed by atoms with Gasteiger partial charge in [0.1, 0.15) is 12.7 Å². The van der Waals surface area contributed by atoms with Crippen LogP contribution < -0.4 is 10.6 Å². The van der Waals surface area contributed by atoms with Gasteiger partial charge in [0.2, 0.25) is 0 Å². The van der Waals surface area contributed by atoms with E-state index in [-0.39, 0.29) is 29.9 Å². The van der Waals surface area contributed by atoms with Crippen LogP contribution in [0.1, 0.15) is 41.5 Å². The van der Waals surface area contributed by atoms with Gasteiger partial charge in [0.15, 0.2) is 5.96 Å². The third-order valence-corrected chi connectivity index (χ3v) is 5.14. The lowest BCUT2D eigenvalue weighted by Crippen LogP contribution is -2.37. The summed E-state index contributed by atoms with van der Waals surface area (Å²) in [7, 11) is 1.69. The Labute approximate surface area is 208 Å². The molecule has 3 aromatic rings. The van der Waals surface area contributed by atoms with E-state index < -0.39 is 11.7 Å². The number of benzene rings is 2. The van der Waals surface area contributed by atoms with Crippen molar-refractivity contribution in [2.75, 3.05) is 13.6 Å². The number of aliphatic imine (C=N–C) groups is 1. The van der Waals surface area contributed by atoms with Crippen LogP contribution in [0.5, 0.6) is 0 Å². The SMILES string of the molecule is CN=C(NCCC(C)c1cccc(C(F)(F)F)c1)NCc1cccc(Cn2cncn2)c1.I. The largest absolute Gasteiger partial charge is 0.416 e. The Balaban J connectivity index is 0.00000385. The van der Waals surface area contributed by atoms with Crippen molar-refractivity contribution < 1.29 is 13.2 Å². The molecule has 1 atom stereocenters. The van der Waals surface area contributed by atoms with Crippen LogP contribution in [-0.4, -0.2) is 34.3 Å². The van der Waals surface area contributed by atoms with Crippen molar-refractivity contribution in [1.82, 2.24) is 25.4 Å². The number of halogens is 4. The molecule has 0 amide bonds. The third kappa shape index (κ3) is 8.34. The molecule has 0 saturated heterocycles. The lowest BCUT2D eigenvalue weighted by molar-refractivity contribution is -0.137. The van der Waals surface area contributed by atoms with Gasteiger partial charge in [0, 0.05) is 20.1 Å². The number of aromatic nitrogens is 3. The topological polar surface area (TPSA) is 67.1 Å². The summed E-state index contributed by atoms with van der Waals surface area (Å²) in [4.78, 5) is 8.18. The molecule has 10 heteroatoms. The molecule has 0 aliphatic carbocycles. The molecule has 0 bridgehead atoms. The van der Waals surface area contributed by atoms with Gasteiger partial charge in [0.25, 0.3) is 0 Å². The molecule has 33 heavy (non-hydrogen) atoms. The molecule has 6 nitrogen and oxygen atoms in total. The minimum atomic E-state index is -4.33. The summed E-state index contributed by atoms with van der Waals surface area (Å²) in [5, 5.41) is 10.6. The van der Waals surface area contributed by atoms with E-state index in [0.717, 1.165) is 17.2 Å². The number of guanidine groups is 1. The minimum absolute atomic E-state index is 0. The summed E-state index contributed by atoms with van der Waals surface area (Å²) < 4.78 is 40.6. The summed E-state index contributed by atoms with van der Waals surface area (Å²) in [5.41, 5.74) is 2.28. The Bertz CT molecular complexity index is 1020. The fourth-order valence-corrected chi connectivity index (χ4v) is 3.34. The van der Waals surface area contributed by atoms with Crippen molar-refractivity contribution in [2.45, 2.75) is 38.5 Å². The molecule has 178 valence electrons. The minimum Gasteiger partial charge on any atom is -0.356 e. The predicted octanol–water partition coefficient (Wildman–Crippen LogP) is 4.82. The third-order valence-electron chi connectivity index (χ3n) is 5.14. The Morgan fingerprint density at radius 2 is 1.85 bits per heavy atom. The van der Waals surface area contributed by atoms with Crippen LogP contribution in [0.15, 0.2) is 66.2 Å². The van der Waals surface area contributed by atoms with Crippen molar-refractivity contribution in [3.8, 4) is 0 Å². The highest BCUT2D eigenvalue weighted by molar-refractivity contribution is 14.0. The van der Waals surface area contributed by atoms with E-state index in [1.54, 1.807) is 24.1 Å². The van der Waals surface area contributed by atoms with E-state index in [1.807, 2.05) is 25.1 Å². The number of nitrogens with one attached hydrogen (secondary N) is 2. The molecule has 0 radical (unpaired) electrons. The second-order valence-electron chi connectivity index (χ2n) is 7.58. The fourth-order valence-electron chi connectivity index (χ4n) is 3.34. The maximum Gasteiger partial charge on any atom is 0.416 e. The van der Waals surface area contributed by atoms with Gasteiger partial charge in [-0.25, -0.2) is 9.67 Å². The number of rotatable bonds is 8. The summed E-state index contributed by atoms with van der Waals surface area (Å²) in [5.74, 6) is 0.624. The zero-order valence-electron chi connectivity index (χ0n) is 18.5. The summed E-state index contributed by atoms with van der Waals surface area (Å²) >= 11 is 0. The summed E-state index contributed by atoms with van der Waals surface area (Å²) in [6.07, 6.45) is -0.464. The van der Waals surface area contributed by atoms with E-state index in [9.17, 15) is 13.2 Å². The first-order valence-electron chi connectivity index (χ1n) is 10.4. The molecule has 0 spiro atoms. The predicted molar refractivity (Wildman–Crippen MR) is 134 cm³/mol. The number of hydrogen-bond acceptors (Lipinski definition) is 3. The fraction of sp³-hybridized carbons (Fsp3) is 0.348. The summed E-state index contributed by atoms with van der Waals surface area (Å²) in [6.45, 7) is 3.75. The summed E-state index contributed by atoms with van der Waals surface area (Å²) in [6, 6.07) is 13.7. The molecule has 3 rings (SSSR count). The highest BCUT2D eigenvalue weighted by atomic mass is 127. The average Bonchev–Trinajstić information content (AvgIpc) is 3.28. The van der Waals surface area contributed by atoms with Crippen LogP contribution >= 0.6 is 24.0 Å². The Kier molecular flexibility index (Phi) is 10.1. The zero-order chi connectivity index (χ0) is 23.0. The molecule has 1 aromatic heterocycles. The lowest BCUT2D eigenvalue weighted by atomic mass is 9.96. The molecule has 1 heterocycles. The molecule has 0 aliphatic rings. The van der Waals surface area contributed by atoms with Crippen molar-refractivity contribution in [3.05, 3.63) is 83.4 Å². The van der Waals surface area contributed by atoms with Crippen LogP contribution in [0.4, 0.5) is 13.2 Å². The van der Waals surface area contributed by atoms with Gasteiger partial charge in [-0.2, -0.15) is 18.3 Å². The van der Waals surface area contributed by atoms with Gasteiger partial charge in [-0.05, 0) is 35.1 Å². The first kappa shape index (κ1) is 26.6. The normalized spacial score (nSPS) is 12.7. The lowest BCUT2D eigenvalue weighted by Gasteiger charge is -2.16. The van der Waals surface area contributed by atoms with Gasteiger partial charge in [-0.1, -0.05) is 49.4 Å². The van der Waals surface area contributed by atoms with Crippen molar-refractivity contribution in [1.29, 1.82) is 0 Å². The average molecular weight is 572 g/mol.